The van der Waals surface area contributed by atoms with Crippen molar-refractivity contribution in [2.75, 3.05) is 62.9 Å². The van der Waals surface area contributed by atoms with Gasteiger partial charge in [-0.2, -0.15) is 0 Å². The van der Waals surface area contributed by atoms with E-state index < -0.39 is 0 Å². The number of aromatic nitrogens is 1. The zero-order valence-corrected chi connectivity index (χ0v) is 18.5. The molecule has 0 aliphatic carbocycles. The first-order valence-electron chi connectivity index (χ1n) is 10.0. The number of methoxy groups -OCH3 is 1. The van der Waals surface area contributed by atoms with Crippen molar-refractivity contribution in [3.8, 4) is 5.75 Å². The first-order chi connectivity index (χ1) is 14.1. The molecule has 0 spiro atoms. The molecule has 6 nitrogen and oxygen atoms in total. The van der Waals surface area contributed by atoms with Gasteiger partial charge in [-0.25, -0.2) is 4.98 Å². The van der Waals surface area contributed by atoms with Gasteiger partial charge in [-0.15, -0.1) is 11.8 Å². The molecular formula is C22H30N4O2S. The maximum Gasteiger partial charge on any atom is 0.258 e. The summed E-state index contributed by atoms with van der Waals surface area (Å²) in [6.45, 7) is 5.47. The monoisotopic (exact) mass is 414 g/mol. The Balaban J connectivity index is 1.83. The van der Waals surface area contributed by atoms with Crippen LogP contribution in [0.4, 0.5) is 11.5 Å². The van der Waals surface area contributed by atoms with Gasteiger partial charge in [-0.1, -0.05) is 19.1 Å². The lowest BCUT2D eigenvalue weighted by Crippen LogP contribution is -2.47. The van der Waals surface area contributed by atoms with Crippen LogP contribution in [0.25, 0.3) is 0 Å². The minimum atomic E-state index is 0.0128. The standard InChI is InChI=1S/C22H30N4O2S/c1-5-16-29-19-10-11-23-21(20(19)22(27)24(2)3)26-14-12-25(13-15-26)17-8-6-7-9-18(17)28-4/h6-11H,5,12-16H2,1-4H3. The summed E-state index contributed by atoms with van der Waals surface area (Å²) < 4.78 is 5.52. The van der Waals surface area contributed by atoms with E-state index in [0.29, 0.717) is 0 Å². The van der Waals surface area contributed by atoms with E-state index in [9.17, 15) is 4.79 Å². The van der Waals surface area contributed by atoms with Crippen LogP contribution in [0.1, 0.15) is 23.7 Å². The summed E-state index contributed by atoms with van der Waals surface area (Å²) in [5.41, 5.74) is 1.83. The number of rotatable bonds is 7. The molecule has 1 amide bonds. The maximum atomic E-state index is 13.0. The fourth-order valence-electron chi connectivity index (χ4n) is 3.48. The van der Waals surface area contributed by atoms with E-state index in [-0.39, 0.29) is 5.91 Å². The summed E-state index contributed by atoms with van der Waals surface area (Å²) in [7, 11) is 5.30. The molecule has 0 unspecified atom stereocenters. The lowest BCUT2D eigenvalue weighted by atomic mass is 10.2. The minimum absolute atomic E-state index is 0.0128. The van der Waals surface area contributed by atoms with Crippen LogP contribution in [0.15, 0.2) is 41.4 Å². The van der Waals surface area contributed by atoms with Crippen molar-refractivity contribution < 1.29 is 9.53 Å². The average molecular weight is 415 g/mol. The summed E-state index contributed by atoms with van der Waals surface area (Å²) in [4.78, 5) is 24.8. The fraction of sp³-hybridized carbons (Fsp3) is 0.455. The SMILES string of the molecule is CCCSc1ccnc(N2CCN(c3ccccc3OC)CC2)c1C(=O)N(C)C. The molecule has 3 rings (SSSR count). The number of nitrogens with zero attached hydrogens (tertiary/aromatic N) is 4. The predicted octanol–water partition coefficient (Wildman–Crippen LogP) is 3.62. The molecule has 2 heterocycles. The lowest BCUT2D eigenvalue weighted by molar-refractivity contribution is 0.0824. The van der Waals surface area contributed by atoms with E-state index in [4.69, 9.17) is 4.74 Å². The topological polar surface area (TPSA) is 48.9 Å². The quantitative estimate of drug-likeness (QED) is 0.645. The Labute approximate surface area is 177 Å². The number of anilines is 2. The highest BCUT2D eigenvalue weighted by atomic mass is 32.2. The molecular weight excluding hydrogens is 384 g/mol. The summed E-state index contributed by atoms with van der Waals surface area (Å²) in [6, 6.07) is 10.1. The van der Waals surface area contributed by atoms with Gasteiger partial charge < -0.3 is 19.4 Å². The number of thioether (sulfide) groups is 1. The fourth-order valence-corrected chi connectivity index (χ4v) is 4.38. The molecule has 29 heavy (non-hydrogen) atoms. The molecule has 1 aliphatic rings. The Hall–Kier alpha value is -2.41. The van der Waals surface area contributed by atoms with E-state index in [1.807, 2.05) is 30.5 Å². The normalized spacial score (nSPS) is 14.1. The Kier molecular flexibility index (Phi) is 7.25. The van der Waals surface area contributed by atoms with Gasteiger partial charge in [0.15, 0.2) is 0 Å². The molecule has 1 saturated heterocycles. The van der Waals surface area contributed by atoms with Crippen molar-refractivity contribution in [2.24, 2.45) is 0 Å². The molecule has 0 bridgehead atoms. The van der Waals surface area contributed by atoms with Gasteiger partial charge in [0.1, 0.15) is 11.6 Å². The first kappa shape index (κ1) is 21.3. The number of amides is 1. The van der Waals surface area contributed by atoms with Crippen molar-refractivity contribution >= 4 is 29.2 Å². The predicted molar refractivity (Wildman–Crippen MR) is 121 cm³/mol. The first-order valence-corrected chi connectivity index (χ1v) is 11.0. The van der Waals surface area contributed by atoms with Gasteiger partial charge in [-0.05, 0) is 30.4 Å². The number of pyridine rings is 1. The molecule has 1 aromatic heterocycles. The van der Waals surface area contributed by atoms with Gasteiger partial charge >= 0.3 is 0 Å². The van der Waals surface area contributed by atoms with Crippen molar-refractivity contribution in [1.82, 2.24) is 9.88 Å². The van der Waals surface area contributed by atoms with Crippen LogP contribution in [-0.4, -0.2) is 68.9 Å². The summed E-state index contributed by atoms with van der Waals surface area (Å²) in [5, 5.41) is 0. The molecule has 1 fully saturated rings. The van der Waals surface area contributed by atoms with E-state index >= 15 is 0 Å². The average Bonchev–Trinajstić information content (AvgIpc) is 2.76. The number of piperazine rings is 1. The van der Waals surface area contributed by atoms with Gasteiger partial charge in [0.25, 0.3) is 5.91 Å². The Morgan fingerprint density at radius 2 is 1.83 bits per heavy atom. The lowest BCUT2D eigenvalue weighted by Gasteiger charge is -2.38. The molecule has 0 saturated carbocycles. The second kappa shape index (κ2) is 9.87. The molecule has 1 aromatic carbocycles. The van der Waals surface area contributed by atoms with Crippen molar-refractivity contribution in [2.45, 2.75) is 18.2 Å². The number of carbonyl (C=O) groups is 1. The molecule has 2 aromatic rings. The van der Waals surface area contributed by atoms with Crippen molar-refractivity contribution in [3.63, 3.8) is 0 Å². The van der Waals surface area contributed by atoms with Crippen molar-refractivity contribution in [3.05, 3.63) is 42.1 Å². The number of ether oxygens (including phenoxy) is 1. The minimum Gasteiger partial charge on any atom is -0.495 e. The van der Waals surface area contributed by atoms with Crippen LogP contribution in [0.2, 0.25) is 0 Å². The largest absolute Gasteiger partial charge is 0.495 e. The molecule has 7 heteroatoms. The van der Waals surface area contributed by atoms with E-state index in [2.05, 4.69) is 27.8 Å². The van der Waals surface area contributed by atoms with Crippen LogP contribution in [0, 0.1) is 0 Å². The Morgan fingerprint density at radius 1 is 1.14 bits per heavy atom. The highest BCUT2D eigenvalue weighted by molar-refractivity contribution is 7.99. The molecule has 0 atom stereocenters. The summed E-state index contributed by atoms with van der Waals surface area (Å²) in [6.07, 6.45) is 2.89. The molecule has 156 valence electrons. The third-order valence-corrected chi connectivity index (χ3v) is 6.24. The molecule has 1 aliphatic heterocycles. The van der Waals surface area contributed by atoms with Gasteiger partial charge in [-0.3, -0.25) is 4.79 Å². The Bertz CT molecular complexity index is 835. The van der Waals surface area contributed by atoms with Crippen LogP contribution in [0.3, 0.4) is 0 Å². The third kappa shape index (κ3) is 4.78. The summed E-state index contributed by atoms with van der Waals surface area (Å²) in [5.74, 6) is 2.68. The van der Waals surface area contributed by atoms with Crippen LogP contribution >= 0.6 is 11.8 Å². The zero-order chi connectivity index (χ0) is 20.8. The number of hydrogen-bond donors (Lipinski definition) is 0. The highest BCUT2D eigenvalue weighted by Gasteiger charge is 2.27. The van der Waals surface area contributed by atoms with E-state index in [0.717, 1.165) is 66.1 Å². The van der Waals surface area contributed by atoms with E-state index in [1.54, 1.807) is 37.9 Å². The van der Waals surface area contributed by atoms with E-state index in [1.165, 1.54) is 0 Å². The second-order valence-electron chi connectivity index (χ2n) is 7.20. The maximum absolute atomic E-state index is 13.0. The highest BCUT2D eigenvalue weighted by Crippen LogP contribution is 2.33. The molecule has 0 N–H and O–H groups in total. The van der Waals surface area contributed by atoms with Gasteiger partial charge in [0.2, 0.25) is 0 Å². The number of benzene rings is 1. The molecule has 0 radical (unpaired) electrons. The smallest absolute Gasteiger partial charge is 0.258 e. The second-order valence-corrected chi connectivity index (χ2v) is 8.34. The number of hydrogen-bond acceptors (Lipinski definition) is 6. The number of carbonyl (C=O) groups excluding carboxylic acids is 1. The summed E-state index contributed by atoms with van der Waals surface area (Å²) >= 11 is 1.73. The zero-order valence-electron chi connectivity index (χ0n) is 17.7. The van der Waals surface area contributed by atoms with Crippen LogP contribution in [-0.2, 0) is 0 Å². The van der Waals surface area contributed by atoms with Crippen LogP contribution < -0.4 is 14.5 Å². The Morgan fingerprint density at radius 3 is 2.48 bits per heavy atom. The van der Waals surface area contributed by atoms with Crippen molar-refractivity contribution in [1.29, 1.82) is 0 Å². The van der Waals surface area contributed by atoms with Crippen LogP contribution in [0.5, 0.6) is 5.75 Å². The van der Waals surface area contributed by atoms with Gasteiger partial charge in [0, 0.05) is 51.4 Å². The van der Waals surface area contributed by atoms with Gasteiger partial charge in [0.05, 0.1) is 18.4 Å². The third-order valence-electron chi connectivity index (χ3n) is 4.98. The number of para-hydroxylation sites is 2.